The predicted octanol–water partition coefficient (Wildman–Crippen LogP) is 3.94. The molecule has 2 aliphatic carbocycles. The Morgan fingerprint density at radius 1 is 1.10 bits per heavy atom. The Kier molecular flexibility index (Phi) is 4.47. The van der Waals surface area contributed by atoms with E-state index in [1.54, 1.807) is 0 Å². The number of carboxylic acids is 1. The molecule has 3 heteroatoms. The summed E-state index contributed by atoms with van der Waals surface area (Å²) in [6.07, 6.45) is 8.18. The summed E-state index contributed by atoms with van der Waals surface area (Å²) in [6, 6.07) is 10.9. The van der Waals surface area contributed by atoms with Crippen molar-refractivity contribution >= 4 is 11.7 Å². The van der Waals surface area contributed by atoms with Crippen molar-refractivity contribution in [2.24, 2.45) is 11.8 Å². The molecule has 2 saturated carbocycles. The van der Waals surface area contributed by atoms with Gasteiger partial charge in [-0.1, -0.05) is 31.0 Å². The molecule has 0 radical (unpaired) electrons. The van der Waals surface area contributed by atoms with E-state index in [1.807, 2.05) is 18.2 Å². The molecule has 0 spiro atoms. The van der Waals surface area contributed by atoms with E-state index >= 15 is 0 Å². The van der Waals surface area contributed by atoms with Crippen LogP contribution in [0.3, 0.4) is 0 Å². The minimum atomic E-state index is -0.703. The standard InChI is InChI=1S/C18H25NO2/c20-18(21)11-12-19(16-6-2-1-3-7-16)17-8-4-5-15(13-17)14-9-10-14/h1-3,6-7,14-15,17H,4-5,8-13H2,(H,20,21). The average molecular weight is 287 g/mol. The van der Waals surface area contributed by atoms with Gasteiger partial charge >= 0.3 is 5.97 Å². The van der Waals surface area contributed by atoms with Crippen molar-refractivity contribution in [3.8, 4) is 0 Å². The third-order valence-electron chi connectivity index (χ3n) is 5.07. The van der Waals surface area contributed by atoms with Gasteiger partial charge in [0.15, 0.2) is 0 Å². The molecule has 0 bridgehead atoms. The fourth-order valence-corrected chi connectivity index (χ4v) is 3.84. The van der Waals surface area contributed by atoms with Gasteiger partial charge in [0, 0.05) is 18.3 Å². The van der Waals surface area contributed by atoms with E-state index in [9.17, 15) is 4.79 Å². The Hall–Kier alpha value is -1.51. The van der Waals surface area contributed by atoms with Crippen LogP contribution in [0, 0.1) is 11.8 Å². The number of carbonyl (C=O) groups is 1. The number of rotatable bonds is 6. The summed E-state index contributed by atoms with van der Waals surface area (Å²) in [7, 11) is 0. The van der Waals surface area contributed by atoms with Crippen LogP contribution >= 0.6 is 0 Å². The Morgan fingerprint density at radius 2 is 1.86 bits per heavy atom. The maximum Gasteiger partial charge on any atom is 0.305 e. The lowest BCUT2D eigenvalue weighted by Crippen LogP contribution is -2.40. The molecule has 3 nitrogen and oxygen atoms in total. The lowest BCUT2D eigenvalue weighted by atomic mass is 9.82. The number of benzene rings is 1. The van der Waals surface area contributed by atoms with E-state index < -0.39 is 5.97 Å². The van der Waals surface area contributed by atoms with Gasteiger partial charge in [-0.15, -0.1) is 0 Å². The van der Waals surface area contributed by atoms with Gasteiger partial charge < -0.3 is 10.0 Å². The summed E-state index contributed by atoms with van der Waals surface area (Å²) in [4.78, 5) is 13.3. The molecule has 0 aromatic heterocycles. The highest BCUT2D eigenvalue weighted by atomic mass is 16.4. The molecule has 1 aromatic carbocycles. The molecule has 21 heavy (non-hydrogen) atoms. The predicted molar refractivity (Wildman–Crippen MR) is 84.5 cm³/mol. The Balaban J connectivity index is 1.72. The van der Waals surface area contributed by atoms with E-state index in [4.69, 9.17) is 5.11 Å². The van der Waals surface area contributed by atoms with Crippen molar-refractivity contribution < 1.29 is 9.90 Å². The minimum absolute atomic E-state index is 0.222. The third kappa shape index (κ3) is 3.78. The summed E-state index contributed by atoms with van der Waals surface area (Å²) in [6.45, 7) is 0.626. The first-order chi connectivity index (χ1) is 10.2. The molecule has 2 atom stereocenters. The number of nitrogens with zero attached hydrogens (tertiary/aromatic N) is 1. The molecule has 0 amide bonds. The first-order valence-electron chi connectivity index (χ1n) is 8.27. The maximum absolute atomic E-state index is 11.0. The van der Waals surface area contributed by atoms with E-state index in [-0.39, 0.29) is 6.42 Å². The highest BCUT2D eigenvalue weighted by molar-refractivity contribution is 5.67. The second kappa shape index (κ2) is 6.50. The van der Waals surface area contributed by atoms with Crippen molar-refractivity contribution in [3.05, 3.63) is 30.3 Å². The first-order valence-corrected chi connectivity index (χ1v) is 8.27. The first kappa shape index (κ1) is 14.4. The number of para-hydroxylation sites is 1. The zero-order valence-corrected chi connectivity index (χ0v) is 12.6. The van der Waals surface area contributed by atoms with Crippen molar-refractivity contribution in [2.75, 3.05) is 11.4 Å². The monoisotopic (exact) mass is 287 g/mol. The maximum atomic E-state index is 11.0. The van der Waals surface area contributed by atoms with Crippen LogP contribution in [0.15, 0.2) is 30.3 Å². The summed E-state index contributed by atoms with van der Waals surface area (Å²) in [5.41, 5.74) is 1.18. The normalized spacial score (nSPS) is 25.5. The lowest BCUT2D eigenvalue weighted by molar-refractivity contribution is -0.136. The van der Waals surface area contributed by atoms with Gasteiger partial charge in [-0.05, 0) is 49.7 Å². The Labute approximate surface area is 127 Å². The summed E-state index contributed by atoms with van der Waals surface area (Å²) in [5.74, 6) is 1.13. The molecule has 1 N–H and O–H groups in total. The average Bonchev–Trinajstić information content (AvgIpc) is 3.33. The van der Waals surface area contributed by atoms with Gasteiger partial charge in [-0.2, -0.15) is 0 Å². The molecule has 1 aromatic rings. The number of carboxylic acid groups (broad SMARTS) is 1. The van der Waals surface area contributed by atoms with Crippen LogP contribution in [0.4, 0.5) is 5.69 Å². The topological polar surface area (TPSA) is 40.5 Å². The highest BCUT2D eigenvalue weighted by Gasteiger charge is 2.36. The molecule has 0 saturated heterocycles. The number of hydrogen-bond acceptors (Lipinski definition) is 2. The summed E-state index contributed by atoms with van der Waals surface area (Å²) < 4.78 is 0. The van der Waals surface area contributed by atoms with Crippen LogP contribution in [-0.4, -0.2) is 23.7 Å². The molecular formula is C18H25NO2. The largest absolute Gasteiger partial charge is 0.481 e. The molecule has 0 heterocycles. The SMILES string of the molecule is O=C(O)CCN(c1ccccc1)C1CCCC(C2CC2)C1. The van der Waals surface area contributed by atoms with Gasteiger partial charge in [0.1, 0.15) is 0 Å². The number of aliphatic carboxylic acids is 1. The van der Waals surface area contributed by atoms with Crippen molar-refractivity contribution in [3.63, 3.8) is 0 Å². The molecule has 2 fully saturated rings. The van der Waals surface area contributed by atoms with Crippen molar-refractivity contribution in [1.29, 1.82) is 0 Å². The second-order valence-corrected chi connectivity index (χ2v) is 6.59. The van der Waals surface area contributed by atoms with Crippen LogP contribution in [0.1, 0.15) is 44.9 Å². The van der Waals surface area contributed by atoms with E-state index in [2.05, 4.69) is 17.0 Å². The van der Waals surface area contributed by atoms with Gasteiger partial charge in [-0.3, -0.25) is 4.79 Å². The van der Waals surface area contributed by atoms with Crippen LogP contribution in [0.25, 0.3) is 0 Å². The summed E-state index contributed by atoms with van der Waals surface area (Å²) in [5, 5.41) is 9.03. The Morgan fingerprint density at radius 3 is 2.52 bits per heavy atom. The van der Waals surface area contributed by atoms with Gasteiger partial charge in [0.2, 0.25) is 0 Å². The Bertz CT molecular complexity index is 469. The van der Waals surface area contributed by atoms with Crippen LogP contribution in [-0.2, 0) is 4.79 Å². The fraction of sp³-hybridized carbons (Fsp3) is 0.611. The molecular weight excluding hydrogens is 262 g/mol. The quantitative estimate of drug-likeness (QED) is 0.861. The van der Waals surface area contributed by atoms with E-state index in [0.29, 0.717) is 12.6 Å². The van der Waals surface area contributed by atoms with Crippen molar-refractivity contribution in [1.82, 2.24) is 0 Å². The van der Waals surface area contributed by atoms with Gasteiger partial charge in [0.05, 0.1) is 6.42 Å². The van der Waals surface area contributed by atoms with E-state index in [1.165, 1.54) is 44.2 Å². The highest BCUT2D eigenvalue weighted by Crippen LogP contribution is 2.45. The van der Waals surface area contributed by atoms with Crippen LogP contribution < -0.4 is 4.90 Å². The smallest absolute Gasteiger partial charge is 0.305 e. The fourth-order valence-electron chi connectivity index (χ4n) is 3.84. The molecule has 0 aliphatic heterocycles. The van der Waals surface area contributed by atoms with Crippen LogP contribution in [0.5, 0.6) is 0 Å². The zero-order chi connectivity index (χ0) is 14.7. The van der Waals surface area contributed by atoms with Crippen LogP contribution in [0.2, 0.25) is 0 Å². The lowest BCUT2D eigenvalue weighted by Gasteiger charge is -2.39. The van der Waals surface area contributed by atoms with Gasteiger partial charge in [0.25, 0.3) is 0 Å². The number of anilines is 1. The second-order valence-electron chi connectivity index (χ2n) is 6.59. The third-order valence-corrected chi connectivity index (χ3v) is 5.07. The van der Waals surface area contributed by atoms with E-state index in [0.717, 1.165) is 11.8 Å². The van der Waals surface area contributed by atoms with Gasteiger partial charge in [-0.25, -0.2) is 0 Å². The molecule has 114 valence electrons. The summed E-state index contributed by atoms with van der Waals surface area (Å²) >= 11 is 0. The van der Waals surface area contributed by atoms with Crippen molar-refractivity contribution in [2.45, 2.75) is 51.0 Å². The molecule has 2 unspecified atom stereocenters. The molecule has 2 aliphatic rings. The zero-order valence-electron chi connectivity index (χ0n) is 12.6. The number of hydrogen-bond donors (Lipinski definition) is 1. The molecule has 3 rings (SSSR count). The minimum Gasteiger partial charge on any atom is -0.481 e.